The van der Waals surface area contributed by atoms with E-state index in [1.807, 2.05) is 11.8 Å². The van der Waals surface area contributed by atoms with Gasteiger partial charge in [0.25, 0.3) is 0 Å². The molecule has 15 heavy (non-hydrogen) atoms. The number of carbonyl (C=O) groups excluding carboxylic acids is 2. The molecule has 2 atom stereocenters. The van der Waals surface area contributed by atoms with Crippen molar-refractivity contribution in [2.75, 3.05) is 12.3 Å². The molecule has 1 aliphatic rings. The van der Waals surface area contributed by atoms with Crippen LogP contribution in [-0.2, 0) is 9.59 Å². The summed E-state index contributed by atoms with van der Waals surface area (Å²) in [6, 6.07) is 0.377. The third-order valence-corrected chi connectivity index (χ3v) is 3.87. The van der Waals surface area contributed by atoms with Gasteiger partial charge >= 0.3 is 0 Å². The van der Waals surface area contributed by atoms with Gasteiger partial charge in [0.1, 0.15) is 0 Å². The molecule has 1 amide bonds. The minimum atomic E-state index is -0.0422. The Balaban J connectivity index is 2.41. The highest BCUT2D eigenvalue weighted by molar-refractivity contribution is 8.13. The maximum Gasteiger partial charge on any atom is 0.226 e. The smallest absolute Gasteiger partial charge is 0.226 e. The summed E-state index contributed by atoms with van der Waals surface area (Å²) in [6.07, 6.45) is 2.22. The van der Waals surface area contributed by atoms with Crippen molar-refractivity contribution in [1.82, 2.24) is 4.90 Å². The summed E-state index contributed by atoms with van der Waals surface area (Å²) in [4.78, 5) is 24.7. The van der Waals surface area contributed by atoms with Crippen molar-refractivity contribution in [2.45, 2.75) is 39.7 Å². The van der Waals surface area contributed by atoms with Gasteiger partial charge in [0.05, 0.1) is 0 Å². The van der Waals surface area contributed by atoms with E-state index in [2.05, 4.69) is 6.92 Å². The van der Waals surface area contributed by atoms with Crippen LogP contribution in [0.3, 0.4) is 0 Å². The third-order valence-electron chi connectivity index (χ3n) is 2.79. The van der Waals surface area contributed by atoms with E-state index in [1.165, 1.54) is 11.8 Å². The minimum absolute atomic E-state index is 0.0422. The molecular formula is C11H19NO2S. The van der Waals surface area contributed by atoms with Crippen molar-refractivity contribution in [2.24, 2.45) is 5.92 Å². The van der Waals surface area contributed by atoms with Crippen LogP contribution in [-0.4, -0.2) is 34.3 Å². The van der Waals surface area contributed by atoms with Gasteiger partial charge in [0.15, 0.2) is 5.12 Å². The van der Waals surface area contributed by atoms with Crippen molar-refractivity contribution in [3.63, 3.8) is 0 Å². The summed E-state index contributed by atoms with van der Waals surface area (Å²) in [6.45, 7) is 6.43. The highest BCUT2D eigenvalue weighted by Crippen LogP contribution is 2.20. The summed E-state index contributed by atoms with van der Waals surface area (Å²) in [5.41, 5.74) is 0. The first-order valence-electron chi connectivity index (χ1n) is 5.46. The minimum Gasteiger partial charge on any atom is -0.340 e. The van der Waals surface area contributed by atoms with Crippen LogP contribution < -0.4 is 0 Å². The number of thioether (sulfide) groups is 1. The molecule has 4 heteroatoms. The van der Waals surface area contributed by atoms with Crippen LogP contribution in [0.15, 0.2) is 0 Å². The normalized spacial score (nSPS) is 22.9. The highest BCUT2D eigenvalue weighted by Gasteiger charge is 2.28. The maximum absolute atomic E-state index is 12.0. The number of likely N-dealkylation sites (tertiary alicyclic amines) is 1. The van der Waals surface area contributed by atoms with Crippen molar-refractivity contribution in [3.05, 3.63) is 0 Å². The first-order valence-corrected chi connectivity index (χ1v) is 6.44. The Bertz CT molecular complexity index is 255. The quantitative estimate of drug-likeness (QED) is 0.742. The average Bonchev–Trinajstić information content (AvgIpc) is 2.59. The second-order valence-electron chi connectivity index (χ2n) is 4.23. The largest absolute Gasteiger partial charge is 0.340 e. The molecule has 0 aromatic heterocycles. The van der Waals surface area contributed by atoms with Crippen LogP contribution >= 0.6 is 11.8 Å². The monoisotopic (exact) mass is 229 g/mol. The Morgan fingerprint density at radius 3 is 2.67 bits per heavy atom. The molecule has 0 aromatic rings. The molecule has 0 aromatic carbocycles. The molecule has 1 heterocycles. The zero-order valence-electron chi connectivity index (χ0n) is 9.66. The Morgan fingerprint density at radius 1 is 1.53 bits per heavy atom. The summed E-state index contributed by atoms with van der Waals surface area (Å²) in [5, 5.41) is 0.0871. The molecule has 2 unspecified atom stereocenters. The van der Waals surface area contributed by atoms with Gasteiger partial charge in [-0.25, -0.2) is 0 Å². The lowest BCUT2D eigenvalue weighted by atomic mass is 10.1. The van der Waals surface area contributed by atoms with E-state index >= 15 is 0 Å². The van der Waals surface area contributed by atoms with Crippen molar-refractivity contribution < 1.29 is 9.59 Å². The second kappa shape index (κ2) is 5.54. The number of amides is 1. The van der Waals surface area contributed by atoms with Gasteiger partial charge in [-0.3, -0.25) is 9.59 Å². The number of hydrogen-bond donors (Lipinski definition) is 0. The Kier molecular flexibility index (Phi) is 4.64. The van der Waals surface area contributed by atoms with Gasteiger partial charge < -0.3 is 4.90 Å². The standard InChI is InChI=1S/C11H19NO2S/c1-8(7-15-10(3)13)11(14)12-6-4-5-9(12)2/h8-9H,4-7H2,1-3H3. The second-order valence-corrected chi connectivity index (χ2v) is 5.42. The van der Waals surface area contributed by atoms with Gasteiger partial charge in [-0.2, -0.15) is 0 Å². The number of carbonyl (C=O) groups is 2. The molecule has 0 bridgehead atoms. The Morgan fingerprint density at radius 2 is 2.20 bits per heavy atom. The van der Waals surface area contributed by atoms with Gasteiger partial charge in [-0.1, -0.05) is 18.7 Å². The SMILES string of the molecule is CC(=O)SCC(C)C(=O)N1CCCC1C. The van der Waals surface area contributed by atoms with Crippen molar-refractivity contribution >= 4 is 22.8 Å². The van der Waals surface area contributed by atoms with Crippen LogP contribution in [0.1, 0.15) is 33.6 Å². The van der Waals surface area contributed by atoms with E-state index in [1.54, 1.807) is 6.92 Å². The summed E-state index contributed by atoms with van der Waals surface area (Å²) in [5.74, 6) is 0.769. The molecule has 3 nitrogen and oxygen atoms in total. The van der Waals surface area contributed by atoms with Crippen LogP contribution in [0.5, 0.6) is 0 Å². The van der Waals surface area contributed by atoms with Crippen molar-refractivity contribution in [3.8, 4) is 0 Å². The average molecular weight is 229 g/mol. The van der Waals surface area contributed by atoms with Crippen LogP contribution in [0.4, 0.5) is 0 Å². The van der Waals surface area contributed by atoms with Crippen LogP contribution in [0, 0.1) is 5.92 Å². The molecule has 86 valence electrons. The molecule has 0 radical (unpaired) electrons. The molecule has 1 saturated heterocycles. The zero-order chi connectivity index (χ0) is 11.4. The lowest BCUT2D eigenvalue weighted by Gasteiger charge is -2.24. The summed E-state index contributed by atoms with van der Waals surface area (Å²) in [7, 11) is 0. The molecule has 1 fully saturated rings. The third kappa shape index (κ3) is 3.52. The molecule has 1 rings (SSSR count). The van der Waals surface area contributed by atoms with E-state index in [0.29, 0.717) is 11.8 Å². The van der Waals surface area contributed by atoms with Gasteiger partial charge in [-0.15, -0.1) is 0 Å². The predicted octanol–water partition coefficient (Wildman–Crippen LogP) is 1.91. The fourth-order valence-electron chi connectivity index (χ4n) is 1.86. The lowest BCUT2D eigenvalue weighted by molar-refractivity contribution is -0.134. The Labute approximate surface area is 95.6 Å². The van der Waals surface area contributed by atoms with Gasteiger partial charge in [0, 0.05) is 31.2 Å². The molecule has 0 aliphatic carbocycles. The molecular weight excluding hydrogens is 210 g/mol. The molecule has 1 aliphatic heterocycles. The van der Waals surface area contributed by atoms with E-state index < -0.39 is 0 Å². The van der Waals surface area contributed by atoms with E-state index in [4.69, 9.17) is 0 Å². The number of hydrogen-bond acceptors (Lipinski definition) is 3. The number of rotatable bonds is 3. The van der Waals surface area contributed by atoms with E-state index in [9.17, 15) is 9.59 Å². The van der Waals surface area contributed by atoms with Crippen LogP contribution in [0.2, 0.25) is 0 Å². The van der Waals surface area contributed by atoms with E-state index in [-0.39, 0.29) is 16.9 Å². The fraction of sp³-hybridized carbons (Fsp3) is 0.818. The first-order chi connectivity index (χ1) is 7.02. The predicted molar refractivity (Wildman–Crippen MR) is 62.7 cm³/mol. The van der Waals surface area contributed by atoms with Gasteiger partial charge in [0.2, 0.25) is 5.91 Å². The fourth-order valence-corrected chi connectivity index (χ4v) is 2.48. The van der Waals surface area contributed by atoms with Gasteiger partial charge in [-0.05, 0) is 19.8 Å². The van der Waals surface area contributed by atoms with Crippen molar-refractivity contribution in [1.29, 1.82) is 0 Å². The summed E-state index contributed by atoms with van der Waals surface area (Å²) >= 11 is 1.24. The molecule has 0 spiro atoms. The zero-order valence-corrected chi connectivity index (χ0v) is 10.5. The number of nitrogens with zero attached hydrogens (tertiary/aromatic N) is 1. The summed E-state index contributed by atoms with van der Waals surface area (Å²) < 4.78 is 0. The molecule has 0 saturated carbocycles. The first kappa shape index (κ1) is 12.6. The lowest BCUT2D eigenvalue weighted by Crippen LogP contribution is -2.38. The maximum atomic E-state index is 12.0. The van der Waals surface area contributed by atoms with Crippen LogP contribution in [0.25, 0.3) is 0 Å². The molecule has 0 N–H and O–H groups in total. The topological polar surface area (TPSA) is 37.4 Å². The highest BCUT2D eigenvalue weighted by atomic mass is 32.2. The van der Waals surface area contributed by atoms with E-state index in [0.717, 1.165) is 19.4 Å². The Hall–Kier alpha value is -0.510.